The molecule has 0 saturated carbocycles. The lowest BCUT2D eigenvalue weighted by Gasteiger charge is -2.29. The molecule has 0 spiro atoms. The highest BCUT2D eigenvalue weighted by atomic mass is 32.2. The number of anilines is 1. The van der Waals surface area contributed by atoms with Gasteiger partial charge in [-0.05, 0) is 68.1 Å². The zero-order valence-corrected chi connectivity index (χ0v) is 17.8. The topological polar surface area (TPSA) is 75.7 Å². The van der Waals surface area contributed by atoms with Crippen LogP contribution < -0.4 is 9.50 Å². The van der Waals surface area contributed by atoms with E-state index in [2.05, 4.69) is 5.32 Å². The minimum atomic E-state index is -3.56. The van der Waals surface area contributed by atoms with Gasteiger partial charge in [0.05, 0.1) is 6.26 Å². The van der Waals surface area contributed by atoms with Crippen LogP contribution in [0.1, 0.15) is 37.0 Å². The fourth-order valence-electron chi connectivity index (χ4n) is 2.68. The molecule has 7 heteroatoms. The summed E-state index contributed by atoms with van der Waals surface area (Å²) < 4.78 is 27.3. The minimum Gasteiger partial charge on any atom is -0.383 e. The highest BCUT2D eigenvalue weighted by molar-refractivity contribution is 7.86. The summed E-state index contributed by atoms with van der Waals surface area (Å²) in [6.07, 6.45) is 1.82. The van der Waals surface area contributed by atoms with Gasteiger partial charge in [0.2, 0.25) is 0 Å². The van der Waals surface area contributed by atoms with E-state index in [1.807, 2.05) is 45.9 Å². The van der Waals surface area contributed by atoms with Crippen molar-refractivity contribution in [3.05, 3.63) is 59.2 Å². The highest BCUT2D eigenvalue weighted by Gasteiger charge is 2.20. The summed E-state index contributed by atoms with van der Waals surface area (Å²) in [5, 5.41) is 2.97. The second kappa shape index (κ2) is 9.10. The van der Waals surface area contributed by atoms with Crippen molar-refractivity contribution >= 4 is 21.8 Å². The first-order chi connectivity index (χ1) is 13.1. The third-order valence-electron chi connectivity index (χ3n) is 4.67. The summed E-state index contributed by atoms with van der Waals surface area (Å²) >= 11 is 0. The van der Waals surface area contributed by atoms with Gasteiger partial charge in [-0.15, -0.1) is 0 Å². The quantitative estimate of drug-likeness (QED) is 0.691. The third kappa shape index (κ3) is 6.27. The second-order valence-electron chi connectivity index (χ2n) is 7.05. The molecule has 0 aliphatic carbocycles. The zero-order valence-electron chi connectivity index (χ0n) is 17.0. The van der Waals surface area contributed by atoms with Gasteiger partial charge in [-0.1, -0.05) is 25.1 Å². The maximum atomic E-state index is 12.9. The first-order valence-corrected chi connectivity index (χ1v) is 11.0. The molecular weight excluding hydrogens is 376 g/mol. The molecule has 2 aromatic carbocycles. The fourth-order valence-corrected chi connectivity index (χ4v) is 3.15. The summed E-state index contributed by atoms with van der Waals surface area (Å²) in [7, 11) is -3.56. The predicted octanol–water partition coefficient (Wildman–Crippen LogP) is 4.47. The van der Waals surface area contributed by atoms with Crippen molar-refractivity contribution in [1.29, 1.82) is 0 Å². The van der Waals surface area contributed by atoms with Crippen LogP contribution in [0.25, 0.3) is 0 Å². The molecule has 0 aliphatic heterocycles. The van der Waals surface area contributed by atoms with E-state index in [0.29, 0.717) is 6.54 Å². The number of nitrogens with zero attached hydrogens (tertiary/aromatic N) is 1. The number of rotatable bonds is 7. The van der Waals surface area contributed by atoms with Crippen LogP contribution in [0.2, 0.25) is 0 Å². The number of nitrogens with one attached hydrogen (secondary N) is 1. The van der Waals surface area contributed by atoms with Crippen LogP contribution in [0.5, 0.6) is 5.75 Å². The Morgan fingerprint density at radius 3 is 2.29 bits per heavy atom. The lowest BCUT2D eigenvalue weighted by molar-refractivity contribution is 0.187. The van der Waals surface area contributed by atoms with Crippen molar-refractivity contribution in [2.75, 3.05) is 11.6 Å². The maximum Gasteiger partial charge on any atom is 0.322 e. The Labute approximate surface area is 167 Å². The van der Waals surface area contributed by atoms with Crippen molar-refractivity contribution < 1.29 is 17.4 Å². The van der Waals surface area contributed by atoms with E-state index in [1.165, 1.54) is 5.56 Å². The van der Waals surface area contributed by atoms with Crippen molar-refractivity contribution in [1.82, 2.24) is 4.90 Å². The van der Waals surface area contributed by atoms with Crippen molar-refractivity contribution in [3.8, 4) is 5.75 Å². The van der Waals surface area contributed by atoms with Crippen molar-refractivity contribution in [2.24, 2.45) is 0 Å². The van der Waals surface area contributed by atoms with Crippen LogP contribution in [0.3, 0.4) is 0 Å². The standard InChI is InChI=1S/C21H28N2O4S/c1-6-17(4)23(21(24)22-19-10-7-15(2)16(3)13-19)14-18-8-11-20(12-9-18)27-28(5,25)26/h7-13,17H,6,14H2,1-5H3,(H,22,24)/t17-/m0/s1. The van der Waals surface area contributed by atoms with Crippen LogP contribution in [0.15, 0.2) is 42.5 Å². The van der Waals surface area contributed by atoms with E-state index in [-0.39, 0.29) is 17.8 Å². The lowest BCUT2D eigenvalue weighted by atomic mass is 10.1. The Hall–Kier alpha value is -2.54. The van der Waals surface area contributed by atoms with Gasteiger partial charge in [-0.3, -0.25) is 0 Å². The molecule has 1 N–H and O–H groups in total. The molecule has 6 nitrogen and oxygen atoms in total. The lowest BCUT2D eigenvalue weighted by Crippen LogP contribution is -2.40. The second-order valence-corrected chi connectivity index (χ2v) is 8.62. The number of carbonyl (C=O) groups excluding carboxylic acids is 1. The van der Waals surface area contributed by atoms with E-state index in [9.17, 15) is 13.2 Å². The van der Waals surface area contributed by atoms with Crippen LogP contribution in [0, 0.1) is 13.8 Å². The number of hydrogen-bond donors (Lipinski definition) is 1. The van der Waals surface area contributed by atoms with Gasteiger partial charge in [0.1, 0.15) is 5.75 Å². The molecule has 2 rings (SSSR count). The summed E-state index contributed by atoms with van der Waals surface area (Å²) in [5.74, 6) is 0.251. The molecule has 28 heavy (non-hydrogen) atoms. The number of aryl methyl sites for hydroxylation is 2. The zero-order chi connectivity index (χ0) is 20.9. The van der Waals surface area contributed by atoms with E-state index in [1.54, 1.807) is 29.2 Å². The first kappa shape index (κ1) is 21.8. The number of hydrogen-bond acceptors (Lipinski definition) is 4. The molecule has 0 aliphatic rings. The van der Waals surface area contributed by atoms with Crippen LogP contribution in [-0.4, -0.2) is 31.6 Å². The fraction of sp³-hybridized carbons (Fsp3) is 0.381. The molecule has 0 fully saturated rings. The Morgan fingerprint density at radius 1 is 1.11 bits per heavy atom. The van der Waals surface area contributed by atoms with Gasteiger partial charge < -0.3 is 14.4 Å². The molecule has 0 heterocycles. The Bertz CT molecular complexity index is 924. The number of amides is 2. The van der Waals surface area contributed by atoms with Crippen molar-refractivity contribution in [3.63, 3.8) is 0 Å². The number of urea groups is 1. The summed E-state index contributed by atoms with van der Waals surface area (Å²) in [4.78, 5) is 14.6. The van der Waals surface area contributed by atoms with Gasteiger partial charge in [0, 0.05) is 18.3 Å². The van der Waals surface area contributed by atoms with Gasteiger partial charge in [-0.2, -0.15) is 8.42 Å². The summed E-state index contributed by atoms with van der Waals surface area (Å²) in [5.41, 5.74) is 3.94. The predicted molar refractivity (Wildman–Crippen MR) is 112 cm³/mol. The highest BCUT2D eigenvalue weighted by Crippen LogP contribution is 2.19. The van der Waals surface area contributed by atoms with E-state index < -0.39 is 10.1 Å². The monoisotopic (exact) mass is 404 g/mol. The molecule has 152 valence electrons. The number of carbonyl (C=O) groups is 1. The SMILES string of the molecule is CC[C@H](C)N(Cc1ccc(OS(C)(=O)=O)cc1)C(=O)Nc1ccc(C)c(C)c1. The third-order valence-corrected chi connectivity index (χ3v) is 5.16. The Balaban J connectivity index is 2.14. The Morgan fingerprint density at radius 2 is 1.75 bits per heavy atom. The molecule has 0 saturated heterocycles. The van der Waals surface area contributed by atoms with Crippen LogP contribution in [-0.2, 0) is 16.7 Å². The van der Waals surface area contributed by atoms with Crippen molar-refractivity contribution in [2.45, 2.75) is 46.7 Å². The minimum absolute atomic E-state index is 0.0403. The molecule has 0 unspecified atom stereocenters. The van der Waals surface area contributed by atoms with Gasteiger partial charge in [0.25, 0.3) is 0 Å². The van der Waals surface area contributed by atoms with Gasteiger partial charge >= 0.3 is 16.1 Å². The summed E-state index contributed by atoms with van der Waals surface area (Å²) in [6, 6.07) is 12.4. The van der Waals surface area contributed by atoms with Crippen LogP contribution >= 0.6 is 0 Å². The Kier molecular flexibility index (Phi) is 7.07. The molecular formula is C21H28N2O4S. The average Bonchev–Trinajstić information content (AvgIpc) is 2.62. The largest absolute Gasteiger partial charge is 0.383 e. The maximum absolute atomic E-state index is 12.9. The van der Waals surface area contributed by atoms with E-state index >= 15 is 0 Å². The molecule has 2 amide bonds. The number of benzene rings is 2. The molecule has 0 bridgehead atoms. The average molecular weight is 405 g/mol. The molecule has 0 aromatic heterocycles. The molecule has 2 aromatic rings. The van der Waals surface area contributed by atoms with E-state index in [4.69, 9.17) is 4.18 Å². The van der Waals surface area contributed by atoms with Crippen LogP contribution in [0.4, 0.5) is 10.5 Å². The van der Waals surface area contributed by atoms with Gasteiger partial charge in [0.15, 0.2) is 0 Å². The molecule has 1 atom stereocenters. The normalized spacial score (nSPS) is 12.3. The van der Waals surface area contributed by atoms with E-state index in [0.717, 1.165) is 29.5 Å². The van der Waals surface area contributed by atoms with Gasteiger partial charge in [-0.25, -0.2) is 4.79 Å². The molecule has 0 radical (unpaired) electrons. The first-order valence-electron chi connectivity index (χ1n) is 9.22. The summed E-state index contributed by atoms with van der Waals surface area (Å²) in [6.45, 7) is 8.48. The smallest absolute Gasteiger partial charge is 0.322 e.